The van der Waals surface area contributed by atoms with Crippen molar-refractivity contribution in [2.45, 2.75) is 6.42 Å². The van der Waals surface area contributed by atoms with Crippen molar-refractivity contribution in [2.75, 3.05) is 7.11 Å². The molecule has 0 N–H and O–H groups in total. The van der Waals surface area contributed by atoms with Crippen LogP contribution in [0.15, 0.2) is 24.3 Å². The lowest BCUT2D eigenvalue weighted by atomic mass is 10.3. The normalized spacial score (nSPS) is 10.6. The molecule has 2 nitrogen and oxygen atoms in total. The van der Waals surface area contributed by atoms with Crippen molar-refractivity contribution in [3.8, 4) is 0 Å². The molecular weight excluding hydrogens is 208 g/mol. The summed E-state index contributed by atoms with van der Waals surface area (Å²) in [5.41, 5.74) is 0. The van der Waals surface area contributed by atoms with Gasteiger partial charge in [-0.2, -0.15) is 0 Å². The zero-order valence-electron chi connectivity index (χ0n) is 7.12. The number of ether oxygens (including phenoxy) is 1. The van der Waals surface area contributed by atoms with Crippen molar-refractivity contribution in [3.05, 3.63) is 33.5 Å². The molecule has 0 aliphatic rings. The van der Waals surface area contributed by atoms with E-state index in [0.29, 0.717) is 6.42 Å². The van der Waals surface area contributed by atoms with Gasteiger partial charge in [0.1, 0.15) is 0 Å². The van der Waals surface area contributed by atoms with Gasteiger partial charge in [0.2, 0.25) is 0 Å². The summed E-state index contributed by atoms with van der Waals surface area (Å²) in [6, 6.07) is 3.78. The summed E-state index contributed by atoms with van der Waals surface area (Å²) >= 11 is 7.24. The number of esters is 1. The van der Waals surface area contributed by atoms with Gasteiger partial charge in [-0.25, -0.2) is 4.79 Å². The summed E-state index contributed by atoms with van der Waals surface area (Å²) < 4.78 is 5.21. The zero-order chi connectivity index (χ0) is 9.68. The number of thiophene rings is 1. The molecule has 13 heavy (non-hydrogen) atoms. The maximum absolute atomic E-state index is 10.7. The first-order valence-corrected chi connectivity index (χ1v) is 4.90. The summed E-state index contributed by atoms with van der Waals surface area (Å²) in [7, 11) is 1.36. The SMILES string of the molecule is COC(=O)C=CCc1ccc(Cl)s1. The quantitative estimate of drug-likeness (QED) is 0.574. The number of methoxy groups -OCH3 is 1. The predicted molar refractivity (Wildman–Crippen MR) is 54.2 cm³/mol. The van der Waals surface area contributed by atoms with E-state index in [1.54, 1.807) is 6.08 Å². The van der Waals surface area contributed by atoms with Crippen molar-refractivity contribution < 1.29 is 9.53 Å². The molecule has 0 saturated heterocycles. The number of rotatable bonds is 3. The van der Waals surface area contributed by atoms with Crippen LogP contribution in [-0.4, -0.2) is 13.1 Å². The van der Waals surface area contributed by atoms with Crippen molar-refractivity contribution in [1.29, 1.82) is 0 Å². The number of halogens is 1. The van der Waals surface area contributed by atoms with E-state index in [1.165, 1.54) is 24.5 Å². The van der Waals surface area contributed by atoms with Gasteiger partial charge in [0.25, 0.3) is 0 Å². The van der Waals surface area contributed by atoms with E-state index in [-0.39, 0.29) is 5.97 Å². The van der Waals surface area contributed by atoms with Crippen molar-refractivity contribution >= 4 is 28.9 Å². The second-order valence-electron chi connectivity index (χ2n) is 2.34. The highest BCUT2D eigenvalue weighted by Crippen LogP contribution is 2.21. The molecule has 1 aromatic heterocycles. The number of carbonyl (C=O) groups is 1. The van der Waals surface area contributed by atoms with E-state index in [9.17, 15) is 4.79 Å². The molecule has 0 saturated carbocycles. The van der Waals surface area contributed by atoms with Crippen molar-refractivity contribution in [2.24, 2.45) is 0 Å². The standard InChI is InChI=1S/C9H9ClO2S/c1-12-9(11)4-2-3-7-5-6-8(10)13-7/h2,4-6H,3H2,1H3. The van der Waals surface area contributed by atoms with E-state index in [1.807, 2.05) is 12.1 Å². The van der Waals surface area contributed by atoms with Gasteiger partial charge in [0.15, 0.2) is 0 Å². The third-order valence-corrected chi connectivity index (χ3v) is 2.66. The molecule has 1 aromatic rings. The zero-order valence-corrected chi connectivity index (χ0v) is 8.69. The minimum Gasteiger partial charge on any atom is -0.466 e. The van der Waals surface area contributed by atoms with Crippen molar-refractivity contribution in [3.63, 3.8) is 0 Å². The molecule has 0 atom stereocenters. The molecule has 1 heterocycles. The highest BCUT2D eigenvalue weighted by molar-refractivity contribution is 7.16. The van der Waals surface area contributed by atoms with Crippen LogP contribution in [0.3, 0.4) is 0 Å². The molecule has 0 unspecified atom stereocenters. The fraction of sp³-hybridized carbons (Fsp3) is 0.222. The lowest BCUT2D eigenvalue weighted by Gasteiger charge is -1.89. The molecule has 0 spiro atoms. The van der Waals surface area contributed by atoms with E-state index in [4.69, 9.17) is 11.6 Å². The van der Waals surface area contributed by atoms with Gasteiger partial charge >= 0.3 is 5.97 Å². The smallest absolute Gasteiger partial charge is 0.330 e. The average Bonchev–Trinajstić information content (AvgIpc) is 2.51. The first-order valence-electron chi connectivity index (χ1n) is 3.71. The maximum Gasteiger partial charge on any atom is 0.330 e. The molecule has 0 aliphatic heterocycles. The molecule has 70 valence electrons. The Balaban J connectivity index is 2.43. The third kappa shape index (κ3) is 3.61. The van der Waals surface area contributed by atoms with Gasteiger partial charge in [-0.3, -0.25) is 0 Å². The van der Waals surface area contributed by atoms with Crippen LogP contribution in [0, 0.1) is 0 Å². The van der Waals surface area contributed by atoms with Gasteiger partial charge in [-0.1, -0.05) is 17.7 Å². The fourth-order valence-corrected chi connectivity index (χ4v) is 1.86. The molecule has 0 aliphatic carbocycles. The Hall–Kier alpha value is -0.800. The Morgan fingerprint density at radius 1 is 1.69 bits per heavy atom. The highest BCUT2D eigenvalue weighted by atomic mass is 35.5. The van der Waals surface area contributed by atoms with Gasteiger partial charge in [0.05, 0.1) is 11.4 Å². The number of allylic oxidation sites excluding steroid dienone is 1. The van der Waals surface area contributed by atoms with Crippen LogP contribution in [0.2, 0.25) is 4.34 Å². The molecule has 0 fully saturated rings. The Morgan fingerprint density at radius 3 is 3.00 bits per heavy atom. The molecule has 4 heteroatoms. The first-order chi connectivity index (χ1) is 6.22. The summed E-state index contributed by atoms with van der Waals surface area (Å²) in [4.78, 5) is 11.8. The van der Waals surface area contributed by atoms with Crippen LogP contribution in [0.5, 0.6) is 0 Å². The van der Waals surface area contributed by atoms with Crippen LogP contribution in [0.25, 0.3) is 0 Å². The highest BCUT2D eigenvalue weighted by Gasteiger charge is 1.95. The Labute approximate surface area is 85.8 Å². The van der Waals surface area contributed by atoms with Crippen LogP contribution in [-0.2, 0) is 16.0 Å². The lowest BCUT2D eigenvalue weighted by Crippen LogP contribution is -1.93. The average molecular weight is 217 g/mol. The van der Waals surface area contributed by atoms with E-state index < -0.39 is 0 Å². The van der Waals surface area contributed by atoms with Crippen molar-refractivity contribution in [1.82, 2.24) is 0 Å². The van der Waals surface area contributed by atoms with Gasteiger partial charge < -0.3 is 4.74 Å². The van der Waals surface area contributed by atoms with Crippen LogP contribution < -0.4 is 0 Å². The monoisotopic (exact) mass is 216 g/mol. The third-order valence-electron chi connectivity index (χ3n) is 1.40. The lowest BCUT2D eigenvalue weighted by molar-refractivity contribution is -0.134. The molecule has 0 aromatic carbocycles. The first kappa shape index (κ1) is 10.3. The molecular formula is C9H9ClO2S. The van der Waals surface area contributed by atoms with Gasteiger partial charge in [-0.05, 0) is 12.1 Å². The molecule has 0 bridgehead atoms. The van der Waals surface area contributed by atoms with Crippen LogP contribution in [0.4, 0.5) is 0 Å². The van der Waals surface area contributed by atoms with Gasteiger partial charge in [0, 0.05) is 17.4 Å². The van der Waals surface area contributed by atoms with Crippen LogP contribution in [0.1, 0.15) is 4.88 Å². The van der Waals surface area contributed by atoms with E-state index >= 15 is 0 Å². The van der Waals surface area contributed by atoms with E-state index in [0.717, 1.165) is 9.21 Å². The number of carbonyl (C=O) groups excluding carboxylic acids is 1. The molecule has 0 radical (unpaired) electrons. The Kier molecular flexibility index (Phi) is 3.99. The van der Waals surface area contributed by atoms with Gasteiger partial charge in [-0.15, -0.1) is 11.3 Å². The largest absolute Gasteiger partial charge is 0.466 e. The second kappa shape index (κ2) is 5.04. The minimum absolute atomic E-state index is 0.331. The molecule has 0 amide bonds. The summed E-state index contributed by atoms with van der Waals surface area (Å²) in [5, 5.41) is 0. The predicted octanol–water partition coefficient (Wildman–Crippen LogP) is 2.67. The second-order valence-corrected chi connectivity index (χ2v) is 4.14. The maximum atomic E-state index is 10.7. The summed E-state index contributed by atoms with van der Waals surface area (Å²) in [6.45, 7) is 0. The Morgan fingerprint density at radius 2 is 2.46 bits per heavy atom. The van der Waals surface area contributed by atoms with E-state index in [2.05, 4.69) is 4.74 Å². The summed E-state index contributed by atoms with van der Waals surface area (Å²) in [6.07, 6.45) is 3.88. The summed E-state index contributed by atoms with van der Waals surface area (Å²) in [5.74, 6) is -0.331. The van der Waals surface area contributed by atoms with Crippen LogP contribution >= 0.6 is 22.9 Å². The number of hydrogen-bond donors (Lipinski definition) is 0. The topological polar surface area (TPSA) is 26.3 Å². The minimum atomic E-state index is -0.331. The Bertz CT molecular complexity index is 317. The molecule has 1 rings (SSSR count). The fourth-order valence-electron chi connectivity index (χ4n) is 0.801. The number of hydrogen-bond acceptors (Lipinski definition) is 3.